The van der Waals surface area contributed by atoms with Crippen LogP contribution in [0.2, 0.25) is 0 Å². The summed E-state index contributed by atoms with van der Waals surface area (Å²) < 4.78 is 24.2. The zero-order valence-corrected chi connectivity index (χ0v) is 14.9. The molecule has 136 valence electrons. The van der Waals surface area contributed by atoms with E-state index >= 15 is 0 Å². The van der Waals surface area contributed by atoms with Gasteiger partial charge in [-0.1, -0.05) is 6.92 Å². The predicted octanol–water partition coefficient (Wildman–Crippen LogP) is -1.68. The van der Waals surface area contributed by atoms with Gasteiger partial charge in [-0.25, -0.2) is 13.2 Å². The summed E-state index contributed by atoms with van der Waals surface area (Å²) in [5, 5.41) is 3.25. The topological polar surface area (TPSA) is 119 Å². The van der Waals surface area contributed by atoms with Gasteiger partial charge in [-0.3, -0.25) is 19.9 Å². The molecule has 2 aliphatic rings. The SMILES string of the molecule is CCC1(C)NC(=O)N(NC(=O)CN2CCN(S(C)(=O)=O)CC2)C1=O. The molecule has 0 spiro atoms. The van der Waals surface area contributed by atoms with Gasteiger partial charge >= 0.3 is 6.03 Å². The van der Waals surface area contributed by atoms with Gasteiger partial charge in [0.15, 0.2) is 0 Å². The molecule has 2 saturated heterocycles. The average Bonchev–Trinajstić information content (AvgIpc) is 2.71. The van der Waals surface area contributed by atoms with E-state index in [0.717, 1.165) is 6.26 Å². The maximum absolute atomic E-state index is 12.2. The van der Waals surface area contributed by atoms with Crippen LogP contribution < -0.4 is 10.7 Å². The van der Waals surface area contributed by atoms with E-state index in [-0.39, 0.29) is 6.54 Å². The molecular formula is C13H23N5O5S. The second-order valence-electron chi connectivity index (χ2n) is 6.23. The Balaban J connectivity index is 1.87. The molecule has 0 saturated carbocycles. The molecule has 2 fully saturated rings. The van der Waals surface area contributed by atoms with E-state index in [9.17, 15) is 22.8 Å². The quantitative estimate of drug-likeness (QED) is 0.564. The van der Waals surface area contributed by atoms with Crippen molar-refractivity contribution in [3.63, 3.8) is 0 Å². The third-order valence-electron chi connectivity index (χ3n) is 4.37. The number of rotatable bonds is 5. The Morgan fingerprint density at radius 2 is 1.83 bits per heavy atom. The Morgan fingerprint density at radius 3 is 2.29 bits per heavy atom. The van der Waals surface area contributed by atoms with E-state index in [0.29, 0.717) is 37.6 Å². The number of nitrogens with one attached hydrogen (secondary N) is 2. The number of carbonyl (C=O) groups excluding carboxylic acids is 3. The molecule has 2 rings (SSSR count). The van der Waals surface area contributed by atoms with Crippen LogP contribution in [0, 0.1) is 0 Å². The smallest absolute Gasteiger partial charge is 0.322 e. The fraction of sp³-hybridized carbons (Fsp3) is 0.769. The first-order valence-corrected chi connectivity index (χ1v) is 9.55. The fourth-order valence-electron chi connectivity index (χ4n) is 2.61. The lowest BCUT2D eigenvalue weighted by molar-refractivity contribution is -0.139. The van der Waals surface area contributed by atoms with Gasteiger partial charge in [0.2, 0.25) is 10.0 Å². The summed E-state index contributed by atoms with van der Waals surface area (Å²) in [6.07, 6.45) is 1.56. The second kappa shape index (κ2) is 6.65. The van der Waals surface area contributed by atoms with Crippen molar-refractivity contribution >= 4 is 27.9 Å². The number of nitrogens with zero attached hydrogens (tertiary/aromatic N) is 3. The van der Waals surface area contributed by atoms with Crippen molar-refractivity contribution in [2.45, 2.75) is 25.8 Å². The number of hydrogen-bond acceptors (Lipinski definition) is 6. The fourth-order valence-corrected chi connectivity index (χ4v) is 3.43. The minimum absolute atomic E-state index is 0.0164. The van der Waals surface area contributed by atoms with Crippen molar-refractivity contribution in [2.24, 2.45) is 0 Å². The highest BCUT2D eigenvalue weighted by Gasteiger charge is 2.47. The first-order valence-electron chi connectivity index (χ1n) is 7.70. The molecule has 0 radical (unpaired) electrons. The van der Waals surface area contributed by atoms with Crippen LogP contribution in [0.3, 0.4) is 0 Å². The van der Waals surface area contributed by atoms with Gasteiger partial charge in [0, 0.05) is 26.2 Å². The summed E-state index contributed by atoms with van der Waals surface area (Å²) in [7, 11) is -3.23. The van der Waals surface area contributed by atoms with Gasteiger partial charge in [0.1, 0.15) is 5.54 Å². The van der Waals surface area contributed by atoms with E-state index in [1.54, 1.807) is 18.7 Å². The Labute approximate surface area is 141 Å². The zero-order valence-electron chi connectivity index (χ0n) is 14.0. The first-order chi connectivity index (χ1) is 11.1. The Hall–Kier alpha value is -1.72. The number of sulfonamides is 1. The summed E-state index contributed by atoms with van der Waals surface area (Å²) in [6, 6.07) is -0.653. The van der Waals surface area contributed by atoms with Crippen molar-refractivity contribution in [1.82, 2.24) is 25.0 Å². The maximum Gasteiger partial charge on any atom is 0.344 e. The van der Waals surface area contributed by atoms with Gasteiger partial charge in [-0.05, 0) is 13.3 Å². The molecule has 2 aliphatic heterocycles. The number of hydrazine groups is 1. The summed E-state index contributed by atoms with van der Waals surface area (Å²) in [4.78, 5) is 37.9. The van der Waals surface area contributed by atoms with Crippen LogP contribution in [0.4, 0.5) is 4.79 Å². The molecule has 4 amide bonds. The lowest BCUT2D eigenvalue weighted by atomic mass is 10.00. The third-order valence-corrected chi connectivity index (χ3v) is 5.68. The van der Waals surface area contributed by atoms with E-state index < -0.39 is 33.4 Å². The standard InChI is InChI=1S/C13H23N5O5S/c1-4-13(2)11(20)18(12(21)14-13)15-10(19)9-16-5-7-17(8-6-16)24(3,22)23/h4-9H2,1-3H3,(H,14,21)(H,15,19). The van der Waals surface area contributed by atoms with E-state index in [1.165, 1.54) is 4.31 Å². The molecule has 0 aromatic carbocycles. The zero-order chi connectivity index (χ0) is 18.1. The van der Waals surface area contributed by atoms with Crippen LogP contribution in [0.25, 0.3) is 0 Å². The molecule has 0 bridgehead atoms. The average molecular weight is 361 g/mol. The number of carbonyl (C=O) groups is 3. The number of piperazine rings is 1. The molecule has 1 atom stereocenters. The van der Waals surface area contributed by atoms with Crippen LogP contribution in [0.5, 0.6) is 0 Å². The summed E-state index contributed by atoms with van der Waals surface area (Å²) in [5.74, 6) is -0.989. The Bertz CT molecular complexity index is 643. The van der Waals surface area contributed by atoms with Crippen molar-refractivity contribution in [3.05, 3.63) is 0 Å². The normalized spacial score (nSPS) is 26.5. The molecule has 0 aromatic rings. The Kier molecular flexibility index (Phi) is 5.16. The predicted molar refractivity (Wildman–Crippen MR) is 85.1 cm³/mol. The highest BCUT2D eigenvalue weighted by molar-refractivity contribution is 7.88. The number of urea groups is 1. The molecular weight excluding hydrogens is 338 g/mol. The van der Waals surface area contributed by atoms with Gasteiger partial charge in [-0.15, -0.1) is 0 Å². The van der Waals surface area contributed by atoms with Gasteiger partial charge < -0.3 is 5.32 Å². The molecule has 10 nitrogen and oxygen atoms in total. The number of amides is 4. The lowest BCUT2D eigenvalue weighted by Crippen LogP contribution is -2.54. The van der Waals surface area contributed by atoms with Gasteiger partial charge in [0.25, 0.3) is 11.8 Å². The lowest BCUT2D eigenvalue weighted by Gasteiger charge is -2.32. The molecule has 24 heavy (non-hydrogen) atoms. The van der Waals surface area contributed by atoms with Gasteiger partial charge in [0.05, 0.1) is 12.8 Å². The van der Waals surface area contributed by atoms with Crippen molar-refractivity contribution < 1.29 is 22.8 Å². The highest BCUT2D eigenvalue weighted by Crippen LogP contribution is 2.19. The largest absolute Gasteiger partial charge is 0.344 e. The molecule has 11 heteroatoms. The Morgan fingerprint density at radius 1 is 1.25 bits per heavy atom. The van der Waals surface area contributed by atoms with Gasteiger partial charge in [-0.2, -0.15) is 9.31 Å². The van der Waals surface area contributed by atoms with Crippen molar-refractivity contribution in [3.8, 4) is 0 Å². The second-order valence-corrected chi connectivity index (χ2v) is 8.21. The van der Waals surface area contributed by atoms with Crippen LogP contribution in [0.15, 0.2) is 0 Å². The number of imide groups is 1. The van der Waals surface area contributed by atoms with Crippen LogP contribution >= 0.6 is 0 Å². The maximum atomic E-state index is 12.2. The summed E-state index contributed by atoms with van der Waals surface area (Å²) in [6.45, 7) is 4.79. The van der Waals surface area contributed by atoms with Crippen LogP contribution in [0.1, 0.15) is 20.3 Å². The molecule has 0 aromatic heterocycles. The van der Waals surface area contributed by atoms with E-state index in [4.69, 9.17) is 0 Å². The minimum atomic E-state index is -3.23. The molecule has 2 N–H and O–H groups in total. The van der Waals surface area contributed by atoms with Crippen molar-refractivity contribution in [1.29, 1.82) is 0 Å². The summed E-state index contributed by atoms with van der Waals surface area (Å²) in [5.41, 5.74) is 1.31. The highest BCUT2D eigenvalue weighted by atomic mass is 32.2. The van der Waals surface area contributed by atoms with E-state index in [1.807, 2.05) is 0 Å². The van der Waals surface area contributed by atoms with Crippen molar-refractivity contribution in [2.75, 3.05) is 39.0 Å². The monoisotopic (exact) mass is 361 g/mol. The van der Waals surface area contributed by atoms with E-state index in [2.05, 4.69) is 10.7 Å². The third kappa shape index (κ3) is 3.84. The summed E-state index contributed by atoms with van der Waals surface area (Å²) >= 11 is 0. The molecule has 1 unspecified atom stereocenters. The molecule has 2 heterocycles. The van der Waals surface area contributed by atoms with Crippen LogP contribution in [-0.4, -0.2) is 85.0 Å². The number of hydrogen-bond donors (Lipinski definition) is 2. The minimum Gasteiger partial charge on any atom is -0.322 e. The molecule has 0 aliphatic carbocycles. The first kappa shape index (κ1) is 18.6. The van der Waals surface area contributed by atoms with Crippen LogP contribution in [-0.2, 0) is 19.6 Å².